The monoisotopic (exact) mass is 542 g/mol. The number of hydrogen-bond donors (Lipinski definition) is 2. The Balaban J connectivity index is 1.41. The third-order valence-electron chi connectivity index (χ3n) is 7.70. The van der Waals surface area contributed by atoms with E-state index in [1.165, 1.54) is 12.1 Å². The molecular weight excluding hydrogens is 521 g/mol. The van der Waals surface area contributed by atoms with Crippen molar-refractivity contribution in [2.75, 3.05) is 11.9 Å². The van der Waals surface area contributed by atoms with Crippen LogP contribution in [0.4, 0.5) is 23.7 Å². The van der Waals surface area contributed by atoms with E-state index in [0.717, 1.165) is 12.5 Å². The highest BCUT2D eigenvalue weighted by Crippen LogP contribution is 2.57. The molecule has 2 aromatic rings. The Morgan fingerprint density at radius 1 is 1.14 bits per heavy atom. The number of amides is 2. The lowest BCUT2D eigenvalue weighted by Gasteiger charge is -2.42. The second kappa shape index (κ2) is 8.65. The lowest BCUT2D eigenvalue weighted by molar-refractivity contribution is -0.0364. The van der Waals surface area contributed by atoms with Crippen LogP contribution in [0.15, 0.2) is 35.2 Å². The maximum atomic E-state index is 13.7. The van der Waals surface area contributed by atoms with Gasteiger partial charge in [0.15, 0.2) is 27.3 Å². The highest BCUT2D eigenvalue weighted by molar-refractivity contribution is 7.92. The van der Waals surface area contributed by atoms with Crippen LogP contribution in [0.2, 0.25) is 5.02 Å². The zero-order valence-corrected chi connectivity index (χ0v) is 20.6. The zero-order valence-electron chi connectivity index (χ0n) is 19.0. The zero-order chi connectivity index (χ0) is 26.0. The molecule has 36 heavy (non-hydrogen) atoms. The molecule has 0 radical (unpaired) electrons. The molecule has 2 N–H and O–H groups in total. The molecule has 7 nitrogen and oxygen atoms in total. The number of nitrogens with one attached hydrogen (secondary N) is 2. The van der Waals surface area contributed by atoms with Gasteiger partial charge in [-0.15, -0.1) is 0 Å². The van der Waals surface area contributed by atoms with E-state index < -0.39 is 50.1 Å². The first kappa shape index (κ1) is 24.9. The third kappa shape index (κ3) is 3.92. The molecule has 2 saturated carbocycles. The summed E-state index contributed by atoms with van der Waals surface area (Å²) in [5, 5.41) is 4.07. The minimum Gasteiger partial charge on any atom is -0.440 e. The Morgan fingerprint density at radius 2 is 1.83 bits per heavy atom. The van der Waals surface area contributed by atoms with Gasteiger partial charge in [-0.1, -0.05) is 18.5 Å². The lowest BCUT2D eigenvalue weighted by atomic mass is 9.73. The van der Waals surface area contributed by atoms with E-state index in [4.69, 9.17) is 16.3 Å². The summed E-state index contributed by atoms with van der Waals surface area (Å²) in [7, 11) is -3.99. The van der Waals surface area contributed by atoms with Crippen molar-refractivity contribution in [3.8, 4) is 0 Å². The molecule has 1 heterocycles. The quantitative estimate of drug-likeness (QED) is 0.546. The molecule has 5 atom stereocenters. The van der Waals surface area contributed by atoms with Crippen LogP contribution in [0.3, 0.4) is 0 Å². The summed E-state index contributed by atoms with van der Waals surface area (Å²) in [5.41, 5.74) is -1.16. The molecule has 5 rings (SSSR count). The fourth-order valence-corrected chi connectivity index (χ4v) is 8.41. The second-order valence-corrected chi connectivity index (χ2v) is 12.3. The predicted molar refractivity (Wildman–Crippen MR) is 124 cm³/mol. The van der Waals surface area contributed by atoms with Crippen molar-refractivity contribution in [1.29, 1.82) is 0 Å². The summed E-state index contributed by atoms with van der Waals surface area (Å²) in [4.78, 5) is 24.3. The van der Waals surface area contributed by atoms with Gasteiger partial charge >= 0.3 is 6.09 Å². The van der Waals surface area contributed by atoms with E-state index in [2.05, 4.69) is 10.6 Å². The number of hydrogen-bond acceptors (Lipinski definition) is 5. The average Bonchev–Trinajstić information content (AvgIpc) is 3.23. The fraction of sp³-hybridized carbons (Fsp3) is 0.417. The molecule has 2 amide bonds. The van der Waals surface area contributed by atoms with Gasteiger partial charge in [0.1, 0.15) is 5.60 Å². The molecule has 2 bridgehead atoms. The van der Waals surface area contributed by atoms with Gasteiger partial charge in [0.05, 0.1) is 21.7 Å². The number of carbonyl (C=O) groups excluding carboxylic acids is 2. The topological polar surface area (TPSA) is 102 Å². The maximum absolute atomic E-state index is 13.7. The van der Waals surface area contributed by atoms with Gasteiger partial charge in [-0.3, -0.25) is 4.79 Å². The number of alkyl carbamates (subject to hydrolysis) is 1. The molecule has 12 heteroatoms. The Labute approximate surface area is 210 Å². The van der Waals surface area contributed by atoms with Gasteiger partial charge in [-0.2, -0.15) is 0 Å². The van der Waals surface area contributed by atoms with Gasteiger partial charge in [-0.05, 0) is 43.4 Å². The van der Waals surface area contributed by atoms with E-state index in [-0.39, 0.29) is 51.8 Å². The van der Waals surface area contributed by atoms with Crippen LogP contribution < -0.4 is 10.6 Å². The number of rotatable bonds is 4. The SMILES string of the molecule is C[C@H]1CC2CC(S(=O)(=O)c3cc(C(=O)Nc4cc(F)c(F)c(F)c4)ccc3Cl)CC1[C@]21CNC(=O)O1. The van der Waals surface area contributed by atoms with E-state index in [0.29, 0.717) is 18.7 Å². The van der Waals surface area contributed by atoms with Crippen LogP contribution in [0.5, 0.6) is 0 Å². The molecule has 1 saturated heterocycles. The smallest absolute Gasteiger partial charge is 0.407 e. The predicted octanol–water partition coefficient (Wildman–Crippen LogP) is 4.70. The number of benzene rings is 2. The molecule has 3 unspecified atom stereocenters. The standard InChI is InChI=1S/C24H22ClF3N2O5S/c1-11-4-13-6-15(9-16(11)24(13)10-29-23(32)35-24)36(33,34)20-5-12(2-3-17(20)25)22(31)30-14-7-18(26)21(28)19(27)8-14/h2-3,5,7-8,11,13,15-16H,4,6,9-10H2,1H3,(H,29,32)(H,30,31)/t11-,13?,15?,16?,24-/m0/s1. The highest BCUT2D eigenvalue weighted by Gasteiger charge is 2.63. The number of anilines is 1. The number of carbonyl (C=O) groups is 2. The normalized spacial score (nSPS) is 29.2. The first-order valence-corrected chi connectivity index (χ1v) is 13.3. The van der Waals surface area contributed by atoms with Crippen LogP contribution in [-0.4, -0.2) is 37.8 Å². The summed E-state index contributed by atoms with van der Waals surface area (Å²) >= 11 is 6.25. The summed E-state index contributed by atoms with van der Waals surface area (Å²) in [5.74, 6) is -5.62. The number of ether oxygens (including phenoxy) is 1. The molecule has 2 aromatic carbocycles. The third-order valence-corrected chi connectivity index (χ3v) is 10.4. The van der Waals surface area contributed by atoms with E-state index in [1.54, 1.807) is 0 Å². The lowest BCUT2D eigenvalue weighted by Crippen LogP contribution is -2.51. The van der Waals surface area contributed by atoms with Crippen molar-refractivity contribution in [3.63, 3.8) is 0 Å². The minimum atomic E-state index is -3.99. The Bertz CT molecular complexity index is 1360. The maximum Gasteiger partial charge on any atom is 0.407 e. The average molecular weight is 543 g/mol. The molecule has 3 aliphatic rings. The van der Waals surface area contributed by atoms with E-state index in [1.807, 2.05) is 6.92 Å². The molecule has 0 aromatic heterocycles. The minimum absolute atomic E-state index is 0.0694. The second-order valence-electron chi connectivity index (χ2n) is 9.71. The van der Waals surface area contributed by atoms with Crippen molar-refractivity contribution in [2.24, 2.45) is 17.8 Å². The number of sulfone groups is 1. The summed E-state index contributed by atoms with van der Waals surface area (Å²) in [6, 6.07) is 4.89. The van der Waals surface area contributed by atoms with Crippen LogP contribution in [0.1, 0.15) is 36.5 Å². The van der Waals surface area contributed by atoms with E-state index >= 15 is 0 Å². The van der Waals surface area contributed by atoms with Crippen molar-refractivity contribution in [3.05, 3.63) is 58.4 Å². The first-order chi connectivity index (χ1) is 16.9. The molecular formula is C24H22ClF3N2O5S. The number of halogens is 4. The van der Waals surface area contributed by atoms with E-state index in [9.17, 15) is 31.2 Å². The van der Waals surface area contributed by atoms with Crippen LogP contribution >= 0.6 is 11.6 Å². The van der Waals surface area contributed by atoms with Crippen LogP contribution in [0.25, 0.3) is 0 Å². The van der Waals surface area contributed by atoms with Gasteiger partial charge in [0, 0.05) is 35.2 Å². The largest absolute Gasteiger partial charge is 0.440 e. The summed E-state index contributed by atoms with van der Waals surface area (Å²) in [6.45, 7) is 2.37. The molecule has 1 aliphatic heterocycles. The van der Waals surface area contributed by atoms with Gasteiger partial charge in [-0.25, -0.2) is 26.4 Å². The van der Waals surface area contributed by atoms with Crippen LogP contribution in [-0.2, 0) is 14.6 Å². The molecule has 1 spiro atoms. The Morgan fingerprint density at radius 3 is 2.44 bits per heavy atom. The Kier molecular flexibility index (Phi) is 5.98. The van der Waals surface area contributed by atoms with Gasteiger partial charge in [0.2, 0.25) is 0 Å². The first-order valence-electron chi connectivity index (χ1n) is 11.4. The Hall–Kier alpha value is -2.79. The molecule has 3 fully saturated rings. The van der Waals surface area contributed by atoms with Crippen molar-refractivity contribution in [2.45, 2.75) is 41.9 Å². The molecule has 192 valence electrons. The summed E-state index contributed by atoms with van der Waals surface area (Å²) in [6.07, 6.45) is 0.782. The van der Waals surface area contributed by atoms with Crippen LogP contribution in [0, 0.1) is 35.2 Å². The van der Waals surface area contributed by atoms with Crippen molar-refractivity contribution >= 4 is 39.1 Å². The van der Waals surface area contributed by atoms with Gasteiger partial charge in [0.25, 0.3) is 5.91 Å². The molecule has 2 aliphatic carbocycles. The fourth-order valence-electron chi connectivity index (χ4n) is 6.04. The van der Waals surface area contributed by atoms with Gasteiger partial charge < -0.3 is 15.4 Å². The van der Waals surface area contributed by atoms with Crippen molar-refractivity contribution in [1.82, 2.24) is 5.32 Å². The summed E-state index contributed by atoms with van der Waals surface area (Å²) < 4.78 is 73.2. The van der Waals surface area contributed by atoms with Crippen molar-refractivity contribution < 1.29 is 35.9 Å². The highest BCUT2D eigenvalue weighted by atomic mass is 35.5.